The molecule has 1 aromatic rings. The number of aliphatic hydroxyl groups excluding tert-OH is 1. The number of aliphatic hydroxyl groups is 1. The number of ketones is 2. The fourth-order valence-electron chi connectivity index (χ4n) is 15.8. The molecule has 11 atom stereocenters. The van der Waals surface area contributed by atoms with Gasteiger partial charge in [-0.15, -0.1) is 0 Å². The van der Waals surface area contributed by atoms with Gasteiger partial charge < -0.3 is 15.5 Å². The van der Waals surface area contributed by atoms with Crippen molar-refractivity contribution < 1.29 is 24.6 Å². The highest BCUT2D eigenvalue weighted by molar-refractivity contribution is 6.00. The van der Waals surface area contributed by atoms with Crippen LogP contribution in [0.15, 0.2) is 35.4 Å². The van der Waals surface area contributed by atoms with Crippen molar-refractivity contribution in [2.75, 3.05) is 19.6 Å². The van der Waals surface area contributed by atoms with Gasteiger partial charge in [-0.25, -0.2) is 0 Å². The molecule has 0 aromatic heterocycles. The maximum Gasteiger partial charge on any atom is 0.306 e. The summed E-state index contributed by atoms with van der Waals surface area (Å²) >= 11 is 0. The zero-order valence-corrected chi connectivity index (χ0v) is 37.1. The van der Waals surface area contributed by atoms with Crippen molar-refractivity contribution in [2.45, 2.75) is 158 Å². The normalized spacial score (nSPS) is 40.1. The van der Waals surface area contributed by atoms with Crippen LogP contribution in [0, 0.1) is 74.9 Å². The maximum absolute atomic E-state index is 14.1. The Hall–Kier alpha value is -2.35. The number of fused-ring (bicyclic) bond motifs is 7. The number of aliphatic carboxylic acids is 1. The molecule has 320 valence electrons. The van der Waals surface area contributed by atoms with Gasteiger partial charge in [0, 0.05) is 50.4 Å². The summed E-state index contributed by atoms with van der Waals surface area (Å²) in [6.45, 7) is 21.4. The molecule has 6 aliphatic carbocycles. The molecule has 6 fully saturated rings. The van der Waals surface area contributed by atoms with Crippen LogP contribution in [-0.2, 0) is 27.5 Å². The predicted octanol–water partition coefficient (Wildman–Crippen LogP) is 9.65. The Labute approximate surface area is 350 Å². The van der Waals surface area contributed by atoms with E-state index < -0.39 is 5.97 Å². The predicted molar refractivity (Wildman–Crippen MR) is 230 cm³/mol. The summed E-state index contributed by atoms with van der Waals surface area (Å²) in [7, 11) is 0. The van der Waals surface area contributed by atoms with E-state index in [1.165, 1.54) is 55.2 Å². The minimum Gasteiger partial charge on any atom is -0.481 e. The van der Waals surface area contributed by atoms with E-state index in [1.807, 2.05) is 6.92 Å². The molecule has 0 spiro atoms. The smallest absolute Gasteiger partial charge is 0.306 e. The van der Waals surface area contributed by atoms with E-state index >= 15 is 0 Å². The van der Waals surface area contributed by atoms with E-state index in [0.717, 1.165) is 64.8 Å². The lowest BCUT2D eigenvalue weighted by atomic mass is 9.35. The monoisotopic (exact) mass is 797 g/mol. The quantitative estimate of drug-likeness (QED) is 0.181. The van der Waals surface area contributed by atoms with Gasteiger partial charge in [0.1, 0.15) is 5.78 Å². The van der Waals surface area contributed by atoms with Gasteiger partial charge >= 0.3 is 5.97 Å². The summed E-state index contributed by atoms with van der Waals surface area (Å²) in [6, 6.07) is 9.06. The number of likely N-dealkylation sites (tertiary alicyclic amines) is 1. The van der Waals surface area contributed by atoms with Crippen molar-refractivity contribution in [3.8, 4) is 0 Å². The van der Waals surface area contributed by atoms with Crippen LogP contribution in [-0.4, -0.2) is 58.4 Å². The first-order chi connectivity index (χ1) is 27.5. The third-order valence-corrected chi connectivity index (χ3v) is 19.0. The Kier molecular flexibility index (Phi) is 11.6. The number of carbonyl (C=O) groups is 3. The largest absolute Gasteiger partial charge is 0.481 e. The summed E-state index contributed by atoms with van der Waals surface area (Å²) in [4.78, 5) is 41.8. The minimum absolute atomic E-state index is 0.00393. The maximum atomic E-state index is 14.1. The number of carboxylic acids is 1. The number of piperidine rings is 1. The number of nitrogens with zero attached hydrogens (tertiary/aromatic N) is 1. The van der Waals surface area contributed by atoms with Crippen LogP contribution in [0.3, 0.4) is 0 Å². The van der Waals surface area contributed by atoms with Crippen molar-refractivity contribution in [3.63, 3.8) is 0 Å². The molecule has 7 nitrogen and oxygen atoms in total. The van der Waals surface area contributed by atoms with Crippen LogP contribution in [0.1, 0.15) is 149 Å². The molecule has 8 rings (SSSR count). The second-order valence-corrected chi connectivity index (χ2v) is 22.5. The first-order valence-electron chi connectivity index (χ1n) is 23.7. The number of hydrogen-bond donors (Lipinski definition) is 3. The van der Waals surface area contributed by atoms with Crippen LogP contribution in [0.5, 0.6) is 0 Å². The summed E-state index contributed by atoms with van der Waals surface area (Å²) in [6.07, 6.45) is 14.1. The van der Waals surface area contributed by atoms with Crippen LogP contribution >= 0.6 is 0 Å². The Morgan fingerprint density at radius 3 is 2.22 bits per heavy atom. The van der Waals surface area contributed by atoms with E-state index in [2.05, 4.69) is 76.0 Å². The van der Waals surface area contributed by atoms with Gasteiger partial charge in [-0.3, -0.25) is 19.3 Å². The lowest BCUT2D eigenvalue weighted by Gasteiger charge is -2.69. The van der Waals surface area contributed by atoms with Gasteiger partial charge in [0.15, 0.2) is 5.78 Å². The number of hydrogen-bond acceptors (Lipinski definition) is 6. The average molecular weight is 797 g/mol. The highest BCUT2D eigenvalue weighted by atomic mass is 16.4. The van der Waals surface area contributed by atoms with Crippen LogP contribution in [0.4, 0.5) is 0 Å². The number of Topliss-reactive ketones (excluding diaryl/α,β-unsaturated/α-hetero) is 2. The topological polar surface area (TPSA) is 107 Å². The summed E-state index contributed by atoms with van der Waals surface area (Å²) < 4.78 is 0. The molecule has 0 radical (unpaired) electrons. The third-order valence-electron chi connectivity index (χ3n) is 19.0. The molecule has 1 heterocycles. The Bertz CT molecular complexity index is 1760. The molecule has 58 heavy (non-hydrogen) atoms. The van der Waals surface area contributed by atoms with Gasteiger partial charge in [-0.05, 0) is 158 Å². The van der Waals surface area contributed by atoms with Crippen molar-refractivity contribution >= 4 is 17.5 Å². The van der Waals surface area contributed by atoms with Gasteiger partial charge in [0.25, 0.3) is 0 Å². The molecule has 7 heteroatoms. The molecule has 1 aliphatic heterocycles. The fraction of sp³-hybridized carbons (Fsp3) is 0.784. The summed E-state index contributed by atoms with van der Waals surface area (Å²) in [5.41, 5.74) is 5.99. The summed E-state index contributed by atoms with van der Waals surface area (Å²) in [5.74, 6) is 2.51. The second-order valence-electron chi connectivity index (χ2n) is 22.5. The molecule has 7 aliphatic rings. The Morgan fingerprint density at radius 2 is 1.55 bits per heavy atom. The zero-order chi connectivity index (χ0) is 41.4. The molecule has 0 amide bonds. The van der Waals surface area contributed by atoms with Gasteiger partial charge in [-0.1, -0.05) is 78.3 Å². The van der Waals surface area contributed by atoms with Crippen LogP contribution < -0.4 is 5.32 Å². The first kappa shape index (κ1) is 42.3. The summed E-state index contributed by atoms with van der Waals surface area (Å²) in [5, 5.41) is 23.2. The van der Waals surface area contributed by atoms with Crippen molar-refractivity contribution in [1.82, 2.24) is 10.2 Å². The number of carboxylic acid groups (broad SMARTS) is 1. The number of carbonyl (C=O) groups excluding carboxylic acids is 2. The van der Waals surface area contributed by atoms with E-state index in [-0.39, 0.29) is 51.4 Å². The van der Waals surface area contributed by atoms with Crippen molar-refractivity contribution in [3.05, 3.63) is 46.5 Å². The first-order valence-corrected chi connectivity index (χ1v) is 23.7. The van der Waals surface area contributed by atoms with E-state index in [9.17, 15) is 24.6 Å². The fourth-order valence-corrected chi connectivity index (χ4v) is 15.8. The minimum atomic E-state index is -0.748. The zero-order valence-electron chi connectivity index (χ0n) is 37.1. The molecule has 3 N–H and O–H groups in total. The van der Waals surface area contributed by atoms with E-state index in [0.29, 0.717) is 60.4 Å². The second kappa shape index (κ2) is 15.8. The Balaban J connectivity index is 0.929. The molecular formula is C51H76N2O5. The number of rotatable bonds is 12. The lowest BCUT2D eigenvalue weighted by Crippen LogP contribution is -2.62. The highest BCUT2D eigenvalue weighted by Gasteiger charge is 2.66. The number of allylic oxidation sites excluding steroid dienone is 2. The highest BCUT2D eigenvalue weighted by Crippen LogP contribution is 2.74. The van der Waals surface area contributed by atoms with Gasteiger partial charge in [-0.2, -0.15) is 0 Å². The average Bonchev–Trinajstić information content (AvgIpc) is 3.47. The SMILES string of the molecule is CC(C)C1=C2C3CCC4C(C)(CCC5C(C)(C)C(CC(=O)C6CC(C(=O)O)C6C)CCC54C)C3CCC2(CCNCc2ccc(CN3CCC(O)CC3)cc2)CC1=O. The van der Waals surface area contributed by atoms with Crippen LogP contribution in [0.25, 0.3) is 0 Å². The van der Waals surface area contributed by atoms with E-state index in [1.54, 1.807) is 5.57 Å². The molecule has 11 unspecified atom stereocenters. The molecule has 1 saturated heterocycles. The standard InChI is InChI=1S/C51H76N2O5/c1-31(2)45-42(56)28-51(22-23-52-29-33-8-10-34(11-9-33)30-53-24-17-36(54)18-25-53)21-15-40-37(46(45)51)12-13-44-49(40,6)20-16-43-48(4,5)35(14-19-50(43,44)7)26-41(55)38-27-39(32(38)3)47(57)58/h8-11,31-32,35-40,43-44,52,54H,12-30H2,1-7H3,(H,57,58). The van der Waals surface area contributed by atoms with E-state index in [4.69, 9.17) is 0 Å². The molecule has 5 saturated carbocycles. The van der Waals surface area contributed by atoms with Gasteiger partial charge in [0.05, 0.1) is 12.0 Å². The Morgan fingerprint density at radius 1 is 0.862 bits per heavy atom. The van der Waals surface area contributed by atoms with Crippen LogP contribution in [0.2, 0.25) is 0 Å². The van der Waals surface area contributed by atoms with Crippen molar-refractivity contribution in [1.29, 1.82) is 0 Å². The molecular weight excluding hydrogens is 721 g/mol. The molecule has 0 bridgehead atoms. The number of nitrogens with one attached hydrogen (secondary N) is 1. The van der Waals surface area contributed by atoms with Crippen molar-refractivity contribution in [2.24, 2.45) is 74.9 Å². The number of benzene rings is 1. The molecule has 1 aromatic carbocycles. The third kappa shape index (κ3) is 7.21. The van der Waals surface area contributed by atoms with Gasteiger partial charge in [0.2, 0.25) is 0 Å². The lowest BCUT2D eigenvalue weighted by molar-refractivity contribution is -0.193.